The summed E-state index contributed by atoms with van der Waals surface area (Å²) in [5, 5.41) is 4.15. The molecule has 1 unspecified atom stereocenters. The van der Waals surface area contributed by atoms with Crippen molar-refractivity contribution in [3.8, 4) is 0 Å². The molecular weight excluding hydrogens is 376 g/mol. The maximum Gasteiger partial charge on any atom is 0.123 e. The largest absolute Gasteiger partial charge is 0.377 e. The lowest BCUT2D eigenvalue weighted by molar-refractivity contribution is 0.621. The molecule has 1 N–H and O–H groups in total. The number of nitrogens with one attached hydrogen (secondary N) is 1. The Balaban J connectivity index is 2.24. The summed E-state index contributed by atoms with van der Waals surface area (Å²) >= 11 is 8.18. The van der Waals surface area contributed by atoms with E-state index in [9.17, 15) is 4.39 Å². The second-order valence-corrected chi connectivity index (χ2v) is 5.88. The quantitative estimate of drug-likeness (QED) is 0.667. The molecule has 0 aliphatic carbocycles. The molecule has 2 aromatic rings. The van der Waals surface area contributed by atoms with Gasteiger partial charge < -0.3 is 5.32 Å². The van der Waals surface area contributed by atoms with Gasteiger partial charge in [-0.25, -0.2) is 4.39 Å². The normalized spacial score (nSPS) is 12.2. The number of halogens is 3. The van der Waals surface area contributed by atoms with Crippen LogP contribution in [0.2, 0.25) is 5.02 Å². The number of rotatable bonds is 4. The first-order chi connectivity index (χ1) is 9.10. The minimum Gasteiger partial charge on any atom is -0.377 e. The molecule has 0 aromatic heterocycles. The van der Waals surface area contributed by atoms with Crippen molar-refractivity contribution in [3.63, 3.8) is 0 Å². The van der Waals surface area contributed by atoms with Gasteiger partial charge in [-0.05, 0) is 64.9 Å². The Morgan fingerprint density at radius 2 is 2.05 bits per heavy atom. The highest BCUT2D eigenvalue weighted by Crippen LogP contribution is 2.28. The molecule has 0 saturated heterocycles. The van der Waals surface area contributed by atoms with Gasteiger partial charge in [0.2, 0.25) is 0 Å². The molecule has 0 saturated carbocycles. The summed E-state index contributed by atoms with van der Waals surface area (Å²) in [5.74, 6) is -0.205. The molecule has 0 amide bonds. The van der Waals surface area contributed by atoms with E-state index in [0.29, 0.717) is 5.02 Å². The van der Waals surface area contributed by atoms with E-state index in [2.05, 4.69) is 34.8 Å². The van der Waals surface area contributed by atoms with Gasteiger partial charge in [0.15, 0.2) is 0 Å². The molecular formula is C15H14ClFIN. The van der Waals surface area contributed by atoms with Crippen molar-refractivity contribution in [2.24, 2.45) is 0 Å². The molecule has 1 atom stereocenters. The Labute approximate surface area is 131 Å². The first-order valence-corrected chi connectivity index (χ1v) is 7.53. The fourth-order valence-corrected chi connectivity index (χ4v) is 2.97. The zero-order valence-corrected chi connectivity index (χ0v) is 13.4. The zero-order chi connectivity index (χ0) is 13.8. The fraction of sp³-hybridized carbons (Fsp3) is 0.200. The Kier molecular flexibility index (Phi) is 5.05. The number of hydrogen-bond acceptors (Lipinski definition) is 1. The summed E-state index contributed by atoms with van der Waals surface area (Å²) < 4.78 is 14.3. The molecule has 0 spiro atoms. The van der Waals surface area contributed by atoms with E-state index >= 15 is 0 Å². The van der Waals surface area contributed by atoms with Gasteiger partial charge in [0.05, 0.1) is 6.04 Å². The van der Waals surface area contributed by atoms with E-state index in [1.165, 1.54) is 6.07 Å². The van der Waals surface area contributed by atoms with Crippen molar-refractivity contribution in [2.75, 3.05) is 5.32 Å². The lowest BCUT2D eigenvalue weighted by Gasteiger charge is -2.20. The number of hydrogen-bond donors (Lipinski definition) is 1. The molecule has 0 bridgehead atoms. The Bertz CT molecular complexity index is 574. The van der Waals surface area contributed by atoms with Gasteiger partial charge in [-0.15, -0.1) is 0 Å². The van der Waals surface area contributed by atoms with Crippen LogP contribution in [0.4, 0.5) is 10.1 Å². The monoisotopic (exact) mass is 389 g/mol. The van der Waals surface area contributed by atoms with Gasteiger partial charge >= 0.3 is 0 Å². The summed E-state index contributed by atoms with van der Waals surface area (Å²) in [7, 11) is 0. The van der Waals surface area contributed by atoms with E-state index in [-0.39, 0.29) is 11.9 Å². The molecule has 0 radical (unpaired) electrons. The zero-order valence-electron chi connectivity index (χ0n) is 10.5. The third kappa shape index (κ3) is 3.83. The van der Waals surface area contributed by atoms with Gasteiger partial charge in [-0.3, -0.25) is 0 Å². The van der Waals surface area contributed by atoms with Crippen molar-refractivity contribution in [2.45, 2.75) is 19.4 Å². The van der Waals surface area contributed by atoms with Crippen LogP contribution < -0.4 is 5.32 Å². The average molecular weight is 390 g/mol. The third-order valence-corrected chi connectivity index (χ3v) is 4.05. The van der Waals surface area contributed by atoms with Crippen LogP contribution in [0.3, 0.4) is 0 Å². The maximum absolute atomic E-state index is 13.3. The van der Waals surface area contributed by atoms with Crippen molar-refractivity contribution in [1.29, 1.82) is 0 Å². The predicted molar refractivity (Wildman–Crippen MR) is 87.2 cm³/mol. The van der Waals surface area contributed by atoms with Crippen LogP contribution in [0.25, 0.3) is 0 Å². The standard InChI is InChI=1S/C15H14ClFIN/c1-2-14(10-4-3-5-12(17)8-10)19-15-7-6-11(16)9-13(15)18/h3-9,14,19H,2H2,1H3. The van der Waals surface area contributed by atoms with E-state index in [1.54, 1.807) is 12.1 Å². The van der Waals surface area contributed by atoms with Crippen LogP contribution in [0.15, 0.2) is 42.5 Å². The summed E-state index contributed by atoms with van der Waals surface area (Å²) in [6.07, 6.45) is 0.877. The highest BCUT2D eigenvalue weighted by Gasteiger charge is 2.11. The predicted octanol–water partition coefficient (Wildman–Crippen LogP) is 5.65. The van der Waals surface area contributed by atoms with Crippen molar-refractivity contribution < 1.29 is 4.39 Å². The van der Waals surface area contributed by atoms with Crippen LogP contribution in [0.5, 0.6) is 0 Å². The van der Waals surface area contributed by atoms with Gasteiger partial charge in [0.1, 0.15) is 5.82 Å². The fourth-order valence-electron chi connectivity index (χ4n) is 1.94. The Morgan fingerprint density at radius 1 is 1.26 bits per heavy atom. The van der Waals surface area contributed by atoms with Crippen molar-refractivity contribution >= 4 is 39.9 Å². The first-order valence-electron chi connectivity index (χ1n) is 6.07. The molecule has 0 aliphatic rings. The van der Waals surface area contributed by atoms with Crippen LogP contribution in [0, 0.1) is 9.39 Å². The van der Waals surface area contributed by atoms with Gasteiger partial charge in [-0.1, -0.05) is 30.7 Å². The molecule has 0 aliphatic heterocycles. The molecule has 2 aromatic carbocycles. The Hall–Kier alpha value is -0.810. The lowest BCUT2D eigenvalue weighted by atomic mass is 10.0. The number of anilines is 1. The Morgan fingerprint density at radius 3 is 2.68 bits per heavy atom. The van der Waals surface area contributed by atoms with Crippen LogP contribution in [-0.2, 0) is 0 Å². The van der Waals surface area contributed by atoms with Gasteiger partial charge in [0, 0.05) is 14.3 Å². The SMILES string of the molecule is CCC(Nc1ccc(Cl)cc1I)c1cccc(F)c1. The maximum atomic E-state index is 13.3. The smallest absolute Gasteiger partial charge is 0.123 e. The third-order valence-electron chi connectivity index (χ3n) is 2.92. The van der Waals surface area contributed by atoms with Crippen LogP contribution in [-0.4, -0.2) is 0 Å². The summed E-state index contributed by atoms with van der Waals surface area (Å²) in [6.45, 7) is 2.07. The highest BCUT2D eigenvalue weighted by atomic mass is 127. The van der Waals surface area contributed by atoms with Gasteiger partial charge in [0.25, 0.3) is 0 Å². The lowest BCUT2D eigenvalue weighted by Crippen LogP contribution is -2.10. The van der Waals surface area contributed by atoms with E-state index in [4.69, 9.17) is 11.6 Å². The van der Waals surface area contributed by atoms with E-state index in [1.807, 2.05) is 24.3 Å². The van der Waals surface area contributed by atoms with E-state index < -0.39 is 0 Å². The molecule has 0 fully saturated rings. The minimum absolute atomic E-state index is 0.0883. The second kappa shape index (κ2) is 6.57. The summed E-state index contributed by atoms with van der Waals surface area (Å²) in [5.41, 5.74) is 1.97. The number of benzene rings is 2. The molecule has 2 rings (SSSR count). The van der Waals surface area contributed by atoms with Crippen molar-refractivity contribution in [1.82, 2.24) is 0 Å². The van der Waals surface area contributed by atoms with Crippen molar-refractivity contribution in [3.05, 3.63) is 62.4 Å². The molecule has 19 heavy (non-hydrogen) atoms. The first kappa shape index (κ1) is 14.6. The minimum atomic E-state index is -0.205. The molecule has 0 heterocycles. The van der Waals surface area contributed by atoms with Gasteiger partial charge in [-0.2, -0.15) is 0 Å². The summed E-state index contributed by atoms with van der Waals surface area (Å²) in [4.78, 5) is 0. The topological polar surface area (TPSA) is 12.0 Å². The van der Waals surface area contributed by atoms with Crippen LogP contribution in [0.1, 0.15) is 24.9 Å². The average Bonchev–Trinajstić information content (AvgIpc) is 2.38. The second-order valence-electron chi connectivity index (χ2n) is 4.28. The molecule has 1 nitrogen and oxygen atoms in total. The molecule has 4 heteroatoms. The molecule has 100 valence electrons. The highest BCUT2D eigenvalue weighted by molar-refractivity contribution is 14.1. The van der Waals surface area contributed by atoms with E-state index in [0.717, 1.165) is 21.2 Å². The van der Waals surface area contributed by atoms with Crippen LogP contribution >= 0.6 is 34.2 Å². The summed E-state index contributed by atoms with van der Waals surface area (Å²) in [6, 6.07) is 12.5.